The molecule has 3 rings (SSSR count). The third-order valence-corrected chi connectivity index (χ3v) is 3.64. The minimum Gasteiger partial charge on any atom is -0.406 e. The highest BCUT2D eigenvalue weighted by Crippen LogP contribution is 2.28. The number of alkyl halides is 3. The second-order valence-electron chi connectivity index (χ2n) is 5.77. The Hall–Kier alpha value is -4.09. The predicted molar refractivity (Wildman–Crippen MR) is 100 cm³/mol. The number of anilines is 4. The number of amides is 1. The number of hydrogen-bond donors (Lipinski definition) is 4. The molecule has 0 bridgehead atoms. The third-order valence-electron chi connectivity index (χ3n) is 3.64. The van der Waals surface area contributed by atoms with Gasteiger partial charge >= 0.3 is 6.36 Å². The zero-order valence-corrected chi connectivity index (χ0v) is 15.0. The van der Waals surface area contributed by atoms with Gasteiger partial charge in [0.1, 0.15) is 23.6 Å². The molecule has 0 aliphatic rings. The molecule has 0 atom stereocenters. The number of nitrogens with zero attached hydrogens (tertiary/aromatic N) is 2. The van der Waals surface area contributed by atoms with E-state index in [1.54, 1.807) is 0 Å². The van der Waals surface area contributed by atoms with Crippen LogP contribution in [0, 0.1) is 5.82 Å². The fraction of sp³-hybridized carbons (Fsp3) is 0.0556. The molecule has 30 heavy (non-hydrogen) atoms. The molecule has 1 aromatic heterocycles. The number of carbonyl (C=O) groups excluding carboxylic acids is 1. The maximum absolute atomic E-state index is 12.9. The highest BCUT2D eigenvalue weighted by Gasteiger charge is 2.30. The predicted octanol–water partition coefficient (Wildman–Crippen LogP) is 3.60. The zero-order valence-electron chi connectivity index (χ0n) is 15.0. The standard InChI is InChI=1S/C18H14F4N6O2/c19-11-3-1-10(2-4-11)17(29)28-27-16-14(23)15(24-9-25-16)26-12-5-7-13(8-6-12)30-18(20,21)22/h1-9H,23H2,(H,28,29)(H2,24,25,26,27). The van der Waals surface area contributed by atoms with E-state index in [9.17, 15) is 22.4 Å². The van der Waals surface area contributed by atoms with Gasteiger partial charge in [-0.05, 0) is 48.5 Å². The molecule has 0 radical (unpaired) electrons. The second-order valence-corrected chi connectivity index (χ2v) is 5.77. The van der Waals surface area contributed by atoms with Gasteiger partial charge in [-0.3, -0.25) is 15.6 Å². The molecule has 5 N–H and O–H groups in total. The topological polar surface area (TPSA) is 114 Å². The number of halogens is 4. The summed E-state index contributed by atoms with van der Waals surface area (Å²) in [7, 11) is 0. The number of aromatic nitrogens is 2. The number of hydrazine groups is 1. The van der Waals surface area contributed by atoms with Gasteiger partial charge in [-0.1, -0.05) is 0 Å². The monoisotopic (exact) mass is 422 g/mol. The van der Waals surface area contributed by atoms with Crippen molar-refractivity contribution in [3.05, 3.63) is 66.2 Å². The highest BCUT2D eigenvalue weighted by atomic mass is 19.4. The molecule has 2 aromatic carbocycles. The van der Waals surface area contributed by atoms with Crippen molar-refractivity contribution in [2.24, 2.45) is 0 Å². The van der Waals surface area contributed by atoms with Crippen molar-refractivity contribution in [2.75, 3.05) is 16.5 Å². The van der Waals surface area contributed by atoms with Gasteiger partial charge < -0.3 is 15.8 Å². The van der Waals surface area contributed by atoms with Crippen molar-refractivity contribution in [1.82, 2.24) is 15.4 Å². The molecule has 0 spiro atoms. The molecule has 156 valence electrons. The Morgan fingerprint density at radius 1 is 0.967 bits per heavy atom. The Morgan fingerprint density at radius 2 is 1.60 bits per heavy atom. The normalized spacial score (nSPS) is 10.9. The van der Waals surface area contributed by atoms with Gasteiger partial charge in [0.15, 0.2) is 11.6 Å². The molecule has 3 aromatic rings. The highest BCUT2D eigenvalue weighted by molar-refractivity contribution is 5.95. The second kappa shape index (κ2) is 8.51. The van der Waals surface area contributed by atoms with Gasteiger partial charge in [-0.2, -0.15) is 0 Å². The van der Waals surface area contributed by atoms with Crippen LogP contribution in [0.2, 0.25) is 0 Å². The molecule has 0 aliphatic carbocycles. The van der Waals surface area contributed by atoms with Crippen molar-refractivity contribution in [1.29, 1.82) is 0 Å². The van der Waals surface area contributed by atoms with Crippen LogP contribution in [-0.2, 0) is 0 Å². The number of nitrogen functional groups attached to an aromatic ring is 1. The minimum absolute atomic E-state index is 0.0347. The molecular weight excluding hydrogens is 408 g/mol. The van der Waals surface area contributed by atoms with E-state index in [2.05, 4.69) is 30.9 Å². The fourth-order valence-electron chi connectivity index (χ4n) is 2.26. The lowest BCUT2D eigenvalue weighted by Gasteiger charge is -2.14. The van der Waals surface area contributed by atoms with Gasteiger partial charge in [0.25, 0.3) is 5.91 Å². The molecule has 8 nitrogen and oxygen atoms in total. The van der Waals surface area contributed by atoms with E-state index in [0.717, 1.165) is 30.6 Å². The maximum Gasteiger partial charge on any atom is 0.573 e. The van der Waals surface area contributed by atoms with Gasteiger partial charge in [0.05, 0.1) is 0 Å². The minimum atomic E-state index is -4.79. The van der Waals surface area contributed by atoms with Crippen LogP contribution in [0.5, 0.6) is 5.75 Å². The summed E-state index contributed by atoms with van der Waals surface area (Å²) >= 11 is 0. The zero-order chi connectivity index (χ0) is 21.7. The molecule has 1 heterocycles. The first-order valence-corrected chi connectivity index (χ1v) is 8.26. The summed E-state index contributed by atoms with van der Waals surface area (Å²) in [5.74, 6) is -1.20. The first kappa shape index (κ1) is 20.6. The Labute approximate surface area is 167 Å². The number of hydrogen-bond acceptors (Lipinski definition) is 7. The quantitative estimate of drug-likeness (QED) is 0.355. The van der Waals surface area contributed by atoms with Gasteiger partial charge in [-0.15, -0.1) is 13.2 Å². The average molecular weight is 422 g/mol. The molecule has 12 heteroatoms. The summed E-state index contributed by atoms with van der Waals surface area (Å²) in [4.78, 5) is 19.9. The van der Waals surface area contributed by atoms with Gasteiger partial charge in [-0.25, -0.2) is 14.4 Å². The first-order chi connectivity index (χ1) is 14.2. The number of rotatable bonds is 6. The molecular formula is C18H14F4N6O2. The van der Waals surface area contributed by atoms with Crippen molar-refractivity contribution < 1.29 is 27.1 Å². The van der Waals surface area contributed by atoms with E-state index in [-0.39, 0.29) is 28.6 Å². The van der Waals surface area contributed by atoms with Crippen molar-refractivity contribution in [2.45, 2.75) is 6.36 Å². The van der Waals surface area contributed by atoms with Gasteiger partial charge in [0.2, 0.25) is 0 Å². The van der Waals surface area contributed by atoms with Crippen LogP contribution in [0.15, 0.2) is 54.9 Å². The number of carbonyl (C=O) groups is 1. The van der Waals surface area contributed by atoms with E-state index in [1.807, 2.05) is 0 Å². The summed E-state index contributed by atoms with van der Waals surface area (Å²) in [5.41, 5.74) is 11.5. The van der Waals surface area contributed by atoms with E-state index < -0.39 is 18.1 Å². The van der Waals surface area contributed by atoms with Crippen LogP contribution in [0.25, 0.3) is 0 Å². The Balaban J connectivity index is 1.66. The van der Waals surface area contributed by atoms with Crippen LogP contribution in [-0.4, -0.2) is 22.2 Å². The Morgan fingerprint density at radius 3 is 2.23 bits per heavy atom. The van der Waals surface area contributed by atoms with Crippen LogP contribution >= 0.6 is 0 Å². The molecule has 0 saturated carbocycles. The lowest BCUT2D eigenvalue weighted by Crippen LogP contribution is -2.30. The largest absolute Gasteiger partial charge is 0.573 e. The van der Waals surface area contributed by atoms with Crippen LogP contribution in [0.4, 0.5) is 40.6 Å². The Kier molecular flexibility index (Phi) is 5.85. The van der Waals surface area contributed by atoms with Gasteiger partial charge in [0, 0.05) is 11.3 Å². The number of nitrogens with one attached hydrogen (secondary N) is 3. The Bertz CT molecular complexity index is 1030. The lowest BCUT2D eigenvalue weighted by atomic mass is 10.2. The van der Waals surface area contributed by atoms with E-state index in [1.165, 1.54) is 24.3 Å². The number of ether oxygens (including phenoxy) is 1. The lowest BCUT2D eigenvalue weighted by molar-refractivity contribution is -0.274. The summed E-state index contributed by atoms with van der Waals surface area (Å²) < 4.78 is 53.4. The summed E-state index contributed by atoms with van der Waals surface area (Å²) in [6.07, 6.45) is -3.63. The SMILES string of the molecule is Nc1c(NNC(=O)c2ccc(F)cc2)ncnc1Nc1ccc(OC(F)(F)F)cc1. The van der Waals surface area contributed by atoms with Crippen molar-refractivity contribution >= 4 is 28.9 Å². The smallest absolute Gasteiger partial charge is 0.406 e. The summed E-state index contributed by atoms with van der Waals surface area (Å²) in [5, 5.41) is 2.82. The summed E-state index contributed by atoms with van der Waals surface area (Å²) in [6.45, 7) is 0. The fourth-order valence-corrected chi connectivity index (χ4v) is 2.26. The molecule has 0 aliphatic heterocycles. The van der Waals surface area contributed by atoms with Crippen molar-refractivity contribution in [3.8, 4) is 5.75 Å². The summed E-state index contributed by atoms with van der Waals surface area (Å²) in [6, 6.07) is 9.80. The molecule has 0 unspecified atom stereocenters. The molecule has 0 saturated heterocycles. The van der Waals surface area contributed by atoms with E-state index in [0.29, 0.717) is 5.69 Å². The average Bonchev–Trinajstić information content (AvgIpc) is 2.69. The molecule has 0 fully saturated rings. The first-order valence-electron chi connectivity index (χ1n) is 8.26. The van der Waals surface area contributed by atoms with Crippen molar-refractivity contribution in [3.63, 3.8) is 0 Å². The van der Waals surface area contributed by atoms with E-state index >= 15 is 0 Å². The van der Waals surface area contributed by atoms with E-state index in [4.69, 9.17) is 5.73 Å². The van der Waals surface area contributed by atoms with Crippen LogP contribution < -0.4 is 26.6 Å². The third kappa shape index (κ3) is 5.47. The van der Waals surface area contributed by atoms with Crippen LogP contribution in [0.3, 0.4) is 0 Å². The molecule has 1 amide bonds. The maximum atomic E-state index is 12.9. The number of benzene rings is 2. The van der Waals surface area contributed by atoms with Crippen LogP contribution in [0.1, 0.15) is 10.4 Å². The number of nitrogens with two attached hydrogens (primary N) is 1.